The van der Waals surface area contributed by atoms with E-state index in [1.165, 1.54) is 16.3 Å². The molecule has 4 nitrogen and oxygen atoms in total. The molecule has 2 aromatic heterocycles. The van der Waals surface area contributed by atoms with Crippen molar-refractivity contribution in [3.63, 3.8) is 0 Å². The van der Waals surface area contributed by atoms with Crippen molar-refractivity contribution in [1.82, 2.24) is 19.9 Å². The summed E-state index contributed by atoms with van der Waals surface area (Å²) in [5.41, 5.74) is 6.76. The molecule has 41 heavy (non-hydrogen) atoms. The van der Waals surface area contributed by atoms with Crippen LogP contribution in [0.1, 0.15) is 23.0 Å². The van der Waals surface area contributed by atoms with E-state index in [1.807, 2.05) is 85.1 Å². The monoisotopic (exact) mass is 526 g/mol. The molecule has 0 bridgehead atoms. The first kappa shape index (κ1) is 24.6. The third-order valence-corrected chi connectivity index (χ3v) is 7.43. The smallest absolute Gasteiger partial charge is 0.164 e. The molecule has 0 radical (unpaired) electrons. The average molecular weight is 527 g/mol. The second-order valence-corrected chi connectivity index (χ2v) is 10.0. The Morgan fingerprint density at radius 1 is 0.561 bits per heavy atom. The van der Waals surface area contributed by atoms with Gasteiger partial charge in [-0.15, -0.1) is 0 Å². The van der Waals surface area contributed by atoms with Crippen LogP contribution in [0.15, 0.2) is 152 Å². The molecule has 1 unspecified atom stereocenters. The summed E-state index contributed by atoms with van der Waals surface area (Å²) in [6.07, 6.45) is 6.20. The first-order valence-corrected chi connectivity index (χ1v) is 13.6. The summed E-state index contributed by atoms with van der Waals surface area (Å²) >= 11 is 0. The fourth-order valence-electron chi connectivity index (χ4n) is 5.37. The highest BCUT2D eigenvalue weighted by atomic mass is 15.0. The van der Waals surface area contributed by atoms with E-state index in [4.69, 9.17) is 15.0 Å². The van der Waals surface area contributed by atoms with Crippen LogP contribution in [0.5, 0.6) is 0 Å². The van der Waals surface area contributed by atoms with Gasteiger partial charge in [-0.1, -0.05) is 122 Å². The lowest BCUT2D eigenvalue weighted by atomic mass is 9.79. The normalized spacial score (nSPS) is 14.9. The van der Waals surface area contributed by atoms with Gasteiger partial charge in [-0.2, -0.15) is 0 Å². The molecule has 0 saturated heterocycles. The predicted molar refractivity (Wildman–Crippen MR) is 167 cm³/mol. The van der Waals surface area contributed by atoms with E-state index < -0.39 is 0 Å². The SMILES string of the molecule is C=C1C(c2nc(-c3ccccc3)nc(-c3ccccc3)n2)=CC(c2ccccn2)=CC1c1cccc2ccccc12. The maximum Gasteiger partial charge on any atom is 0.164 e. The number of rotatable bonds is 5. The third kappa shape index (κ3) is 4.77. The molecule has 0 spiro atoms. The van der Waals surface area contributed by atoms with Crippen molar-refractivity contribution >= 4 is 21.9 Å². The highest BCUT2D eigenvalue weighted by Crippen LogP contribution is 2.43. The van der Waals surface area contributed by atoms with E-state index >= 15 is 0 Å². The molecule has 2 heterocycles. The van der Waals surface area contributed by atoms with Crippen molar-refractivity contribution < 1.29 is 0 Å². The molecule has 6 aromatic rings. The lowest BCUT2D eigenvalue weighted by Gasteiger charge is -2.26. The first-order valence-electron chi connectivity index (χ1n) is 13.6. The fraction of sp³-hybridized carbons (Fsp3) is 0.0270. The van der Waals surface area contributed by atoms with Crippen LogP contribution in [-0.2, 0) is 0 Å². The van der Waals surface area contributed by atoms with E-state index in [0.29, 0.717) is 17.5 Å². The van der Waals surface area contributed by atoms with Crippen LogP contribution in [0, 0.1) is 0 Å². The number of fused-ring (bicyclic) bond motifs is 1. The molecule has 0 saturated carbocycles. The molecular formula is C37H26N4. The van der Waals surface area contributed by atoms with Crippen molar-refractivity contribution in [3.8, 4) is 22.8 Å². The molecule has 1 aliphatic rings. The molecule has 1 atom stereocenters. The predicted octanol–water partition coefficient (Wildman–Crippen LogP) is 8.57. The van der Waals surface area contributed by atoms with Gasteiger partial charge in [0, 0.05) is 28.8 Å². The molecule has 0 aliphatic heterocycles. The Balaban J connectivity index is 1.44. The number of aromatic nitrogens is 4. The minimum atomic E-state index is -0.0878. The summed E-state index contributed by atoms with van der Waals surface area (Å²) in [5, 5.41) is 2.39. The van der Waals surface area contributed by atoms with Crippen LogP contribution >= 0.6 is 0 Å². The molecular weight excluding hydrogens is 500 g/mol. The fourth-order valence-corrected chi connectivity index (χ4v) is 5.37. The third-order valence-electron chi connectivity index (χ3n) is 7.43. The molecule has 4 aromatic carbocycles. The van der Waals surface area contributed by atoms with Crippen molar-refractivity contribution in [2.24, 2.45) is 0 Å². The Bertz CT molecular complexity index is 1880. The maximum atomic E-state index is 5.02. The molecule has 4 heteroatoms. The summed E-state index contributed by atoms with van der Waals surface area (Å²) in [7, 11) is 0. The Kier molecular flexibility index (Phi) is 6.34. The van der Waals surface area contributed by atoms with Gasteiger partial charge in [-0.25, -0.2) is 15.0 Å². The maximum absolute atomic E-state index is 5.02. The van der Waals surface area contributed by atoms with Crippen LogP contribution in [0.25, 0.3) is 44.7 Å². The Labute approximate surface area is 239 Å². The van der Waals surface area contributed by atoms with Crippen LogP contribution in [0.4, 0.5) is 0 Å². The highest BCUT2D eigenvalue weighted by Gasteiger charge is 2.27. The van der Waals surface area contributed by atoms with Crippen molar-refractivity contribution in [1.29, 1.82) is 0 Å². The minimum absolute atomic E-state index is 0.0878. The number of pyridine rings is 1. The minimum Gasteiger partial charge on any atom is -0.256 e. The standard InChI is InChI=1S/C37H26N4/c1-25-32(31-20-12-18-26-13-8-9-19-30(26)31)23-29(34-21-10-11-22-38-34)24-33(25)37-40-35(27-14-4-2-5-15-27)39-36(41-37)28-16-6-3-7-17-28/h2-24,32H,1H2. The number of benzene rings is 4. The lowest BCUT2D eigenvalue weighted by Crippen LogP contribution is -2.11. The topological polar surface area (TPSA) is 51.6 Å². The van der Waals surface area contributed by atoms with Crippen LogP contribution < -0.4 is 0 Å². The number of hydrogen-bond acceptors (Lipinski definition) is 4. The Hall–Kier alpha value is -5.48. The molecule has 1 aliphatic carbocycles. The Morgan fingerprint density at radius 2 is 1.17 bits per heavy atom. The number of hydrogen-bond donors (Lipinski definition) is 0. The van der Waals surface area contributed by atoms with E-state index in [0.717, 1.165) is 33.5 Å². The van der Waals surface area contributed by atoms with E-state index in [2.05, 4.69) is 66.2 Å². The summed E-state index contributed by atoms with van der Waals surface area (Å²) in [4.78, 5) is 19.6. The van der Waals surface area contributed by atoms with Gasteiger partial charge in [-0.3, -0.25) is 4.98 Å². The van der Waals surface area contributed by atoms with E-state index in [1.54, 1.807) is 0 Å². The Morgan fingerprint density at radius 3 is 1.85 bits per heavy atom. The number of allylic oxidation sites excluding steroid dienone is 5. The zero-order valence-electron chi connectivity index (χ0n) is 22.4. The highest BCUT2D eigenvalue weighted by molar-refractivity contribution is 5.95. The summed E-state index contributed by atoms with van der Waals surface area (Å²) in [5.74, 6) is 1.75. The summed E-state index contributed by atoms with van der Waals surface area (Å²) in [6, 6.07) is 41.0. The van der Waals surface area contributed by atoms with Crippen LogP contribution in [0.3, 0.4) is 0 Å². The quantitative estimate of drug-likeness (QED) is 0.226. The second-order valence-electron chi connectivity index (χ2n) is 10.0. The van der Waals surface area contributed by atoms with Gasteiger partial charge in [0.25, 0.3) is 0 Å². The zero-order valence-corrected chi connectivity index (χ0v) is 22.4. The summed E-state index contributed by atoms with van der Waals surface area (Å²) < 4.78 is 0. The van der Waals surface area contributed by atoms with Crippen molar-refractivity contribution in [3.05, 3.63) is 169 Å². The summed E-state index contributed by atoms with van der Waals surface area (Å²) in [6.45, 7) is 4.64. The van der Waals surface area contributed by atoms with E-state index in [-0.39, 0.29) is 5.92 Å². The zero-order chi connectivity index (χ0) is 27.6. The van der Waals surface area contributed by atoms with Crippen molar-refractivity contribution in [2.75, 3.05) is 0 Å². The van der Waals surface area contributed by atoms with Gasteiger partial charge < -0.3 is 0 Å². The van der Waals surface area contributed by atoms with Gasteiger partial charge in [0.15, 0.2) is 17.5 Å². The first-order chi connectivity index (χ1) is 20.2. The lowest BCUT2D eigenvalue weighted by molar-refractivity contribution is 0.997. The van der Waals surface area contributed by atoms with Gasteiger partial charge in [0.1, 0.15) is 0 Å². The van der Waals surface area contributed by atoms with Crippen LogP contribution in [0.2, 0.25) is 0 Å². The van der Waals surface area contributed by atoms with Crippen molar-refractivity contribution in [2.45, 2.75) is 5.92 Å². The molecule has 7 rings (SSSR count). The van der Waals surface area contributed by atoms with Gasteiger partial charge in [-0.05, 0) is 45.7 Å². The molecule has 0 N–H and O–H groups in total. The van der Waals surface area contributed by atoms with Crippen LogP contribution in [-0.4, -0.2) is 19.9 Å². The largest absolute Gasteiger partial charge is 0.256 e. The molecule has 0 amide bonds. The molecule has 0 fully saturated rings. The van der Waals surface area contributed by atoms with Gasteiger partial charge >= 0.3 is 0 Å². The average Bonchev–Trinajstić information content (AvgIpc) is 3.06. The molecule has 194 valence electrons. The number of nitrogens with zero attached hydrogens (tertiary/aromatic N) is 4. The van der Waals surface area contributed by atoms with Gasteiger partial charge in [0.05, 0.1) is 5.69 Å². The second kappa shape index (κ2) is 10.6. The van der Waals surface area contributed by atoms with Gasteiger partial charge in [0.2, 0.25) is 0 Å². The van der Waals surface area contributed by atoms with E-state index in [9.17, 15) is 0 Å².